The standard InChI is InChI=1S/C19H29O2P/c1-5-12-17-18(13-6-2)22(20,16-14-10-9-11-15-16)21-19(17,7-3)8-4/h9-11,14-15H,5-8,12-13H2,1-4H3. The minimum Gasteiger partial charge on any atom is -0.311 e. The maximum absolute atomic E-state index is 13.9. The zero-order valence-corrected chi connectivity index (χ0v) is 15.3. The second-order valence-corrected chi connectivity index (χ2v) is 8.45. The second kappa shape index (κ2) is 7.15. The van der Waals surface area contributed by atoms with Gasteiger partial charge in [0.1, 0.15) is 0 Å². The first kappa shape index (κ1) is 17.5. The monoisotopic (exact) mass is 320 g/mol. The highest BCUT2D eigenvalue weighted by atomic mass is 31.2. The van der Waals surface area contributed by atoms with Gasteiger partial charge in [-0.15, -0.1) is 0 Å². The Morgan fingerprint density at radius 1 is 0.955 bits per heavy atom. The van der Waals surface area contributed by atoms with Gasteiger partial charge in [0.25, 0.3) is 7.37 Å². The molecular formula is C19H29O2P. The second-order valence-electron chi connectivity index (χ2n) is 6.10. The van der Waals surface area contributed by atoms with Gasteiger partial charge < -0.3 is 4.52 Å². The first-order chi connectivity index (χ1) is 10.6. The van der Waals surface area contributed by atoms with Crippen molar-refractivity contribution in [1.82, 2.24) is 0 Å². The van der Waals surface area contributed by atoms with Gasteiger partial charge in [0.2, 0.25) is 0 Å². The van der Waals surface area contributed by atoms with Crippen molar-refractivity contribution in [1.29, 1.82) is 0 Å². The highest BCUT2D eigenvalue weighted by molar-refractivity contribution is 7.71. The number of hydrogen-bond acceptors (Lipinski definition) is 2. The van der Waals surface area contributed by atoms with E-state index >= 15 is 0 Å². The number of rotatable bonds is 7. The van der Waals surface area contributed by atoms with Crippen LogP contribution in [0.5, 0.6) is 0 Å². The summed E-state index contributed by atoms with van der Waals surface area (Å²) in [4.78, 5) is 0. The quantitative estimate of drug-likeness (QED) is 0.573. The summed E-state index contributed by atoms with van der Waals surface area (Å²) in [6, 6.07) is 9.80. The molecule has 3 heteroatoms. The van der Waals surface area contributed by atoms with Crippen molar-refractivity contribution in [2.45, 2.75) is 71.8 Å². The summed E-state index contributed by atoms with van der Waals surface area (Å²) in [6.07, 6.45) is 5.73. The van der Waals surface area contributed by atoms with Crippen molar-refractivity contribution >= 4 is 12.7 Å². The normalized spacial score (nSPS) is 24.0. The fourth-order valence-electron chi connectivity index (χ4n) is 3.59. The Morgan fingerprint density at radius 2 is 1.55 bits per heavy atom. The Bertz CT molecular complexity index is 570. The van der Waals surface area contributed by atoms with Crippen LogP contribution >= 0.6 is 7.37 Å². The minimum atomic E-state index is -2.91. The van der Waals surface area contributed by atoms with Gasteiger partial charge in [0.05, 0.1) is 5.60 Å². The zero-order chi connectivity index (χ0) is 16.2. The SMILES string of the molecule is CCCC1=C(CCC)P(=O)(c2ccccc2)OC1(CC)CC. The van der Waals surface area contributed by atoms with Crippen molar-refractivity contribution in [3.63, 3.8) is 0 Å². The fourth-order valence-corrected chi connectivity index (χ4v) is 6.73. The molecule has 2 nitrogen and oxygen atoms in total. The van der Waals surface area contributed by atoms with Gasteiger partial charge in [-0.25, -0.2) is 0 Å². The first-order valence-electron chi connectivity index (χ1n) is 8.67. The third-order valence-electron chi connectivity index (χ3n) is 4.78. The molecule has 0 aliphatic carbocycles. The van der Waals surface area contributed by atoms with E-state index in [1.54, 1.807) is 0 Å². The van der Waals surface area contributed by atoms with Gasteiger partial charge in [0.15, 0.2) is 0 Å². The molecule has 0 aromatic heterocycles. The van der Waals surface area contributed by atoms with Crippen molar-refractivity contribution in [3.8, 4) is 0 Å². The maximum Gasteiger partial charge on any atom is 0.258 e. The zero-order valence-electron chi connectivity index (χ0n) is 14.4. The summed E-state index contributed by atoms with van der Waals surface area (Å²) in [5.74, 6) is 0. The van der Waals surface area contributed by atoms with Crippen LogP contribution in [0.1, 0.15) is 66.2 Å². The molecule has 1 unspecified atom stereocenters. The summed E-state index contributed by atoms with van der Waals surface area (Å²) >= 11 is 0. The molecule has 0 saturated heterocycles. The molecule has 0 N–H and O–H groups in total. The van der Waals surface area contributed by atoms with E-state index in [9.17, 15) is 4.57 Å². The van der Waals surface area contributed by atoms with Gasteiger partial charge in [-0.05, 0) is 43.4 Å². The van der Waals surface area contributed by atoms with Crippen LogP contribution in [0.3, 0.4) is 0 Å². The minimum absolute atomic E-state index is 0.327. The highest BCUT2D eigenvalue weighted by Crippen LogP contribution is 2.68. The summed E-state index contributed by atoms with van der Waals surface area (Å²) in [6.45, 7) is 8.66. The number of hydrogen-bond donors (Lipinski definition) is 0. The highest BCUT2D eigenvalue weighted by Gasteiger charge is 2.50. The molecule has 0 radical (unpaired) electrons. The van der Waals surface area contributed by atoms with E-state index < -0.39 is 7.37 Å². The molecule has 0 amide bonds. The summed E-state index contributed by atoms with van der Waals surface area (Å²) in [7, 11) is -2.91. The van der Waals surface area contributed by atoms with Gasteiger partial charge in [0, 0.05) is 10.6 Å². The van der Waals surface area contributed by atoms with Crippen molar-refractivity contribution in [2.24, 2.45) is 0 Å². The van der Waals surface area contributed by atoms with Crippen LogP contribution in [0, 0.1) is 0 Å². The molecule has 0 bridgehead atoms. The van der Waals surface area contributed by atoms with Crippen LogP contribution in [0.2, 0.25) is 0 Å². The predicted octanol–water partition coefficient (Wildman–Crippen LogP) is 6.03. The Balaban J connectivity index is 2.63. The fraction of sp³-hybridized carbons (Fsp3) is 0.579. The lowest BCUT2D eigenvalue weighted by molar-refractivity contribution is 0.113. The molecule has 122 valence electrons. The lowest BCUT2D eigenvalue weighted by Crippen LogP contribution is -2.29. The molecule has 0 spiro atoms. The van der Waals surface area contributed by atoms with Gasteiger partial charge in [-0.3, -0.25) is 4.57 Å². The van der Waals surface area contributed by atoms with E-state index in [1.807, 2.05) is 30.3 Å². The average Bonchev–Trinajstić information content (AvgIpc) is 2.80. The Hall–Kier alpha value is -0.850. The van der Waals surface area contributed by atoms with E-state index in [4.69, 9.17) is 4.52 Å². The summed E-state index contributed by atoms with van der Waals surface area (Å²) in [5.41, 5.74) is 1.00. The van der Waals surface area contributed by atoms with E-state index in [2.05, 4.69) is 27.7 Å². The molecular weight excluding hydrogens is 291 g/mol. The van der Waals surface area contributed by atoms with Crippen molar-refractivity contribution in [3.05, 3.63) is 41.2 Å². The van der Waals surface area contributed by atoms with Crippen molar-refractivity contribution in [2.75, 3.05) is 0 Å². The predicted molar refractivity (Wildman–Crippen MR) is 94.9 cm³/mol. The molecule has 22 heavy (non-hydrogen) atoms. The Labute approximate surface area is 135 Å². The van der Waals surface area contributed by atoms with Crippen LogP contribution in [0.4, 0.5) is 0 Å². The van der Waals surface area contributed by atoms with Crippen LogP contribution in [-0.2, 0) is 9.09 Å². The van der Waals surface area contributed by atoms with E-state index in [1.165, 1.54) is 5.57 Å². The van der Waals surface area contributed by atoms with Gasteiger partial charge >= 0.3 is 0 Å². The molecule has 1 aliphatic heterocycles. The smallest absolute Gasteiger partial charge is 0.258 e. The van der Waals surface area contributed by atoms with Crippen LogP contribution in [-0.4, -0.2) is 5.60 Å². The molecule has 0 saturated carbocycles. The van der Waals surface area contributed by atoms with E-state index in [0.717, 1.165) is 49.1 Å². The van der Waals surface area contributed by atoms with Crippen LogP contribution in [0.25, 0.3) is 0 Å². The average molecular weight is 320 g/mol. The lowest BCUT2D eigenvalue weighted by Gasteiger charge is -2.30. The summed E-state index contributed by atoms with van der Waals surface area (Å²) in [5, 5.41) is 1.96. The third-order valence-corrected chi connectivity index (χ3v) is 7.57. The molecule has 0 fully saturated rings. The van der Waals surface area contributed by atoms with Gasteiger partial charge in [-0.2, -0.15) is 0 Å². The topological polar surface area (TPSA) is 26.3 Å². The largest absolute Gasteiger partial charge is 0.311 e. The van der Waals surface area contributed by atoms with Crippen LogP contribution in [0.15, 0.2) is 41.2 Å². The molecule has 1 aromatic rings. The van der Waals surface area contributed by atoms with Gasteiger partial charge in [-0.1, -0.05) is 58.7 Å². The molecule has 1 heterocycles. The lowest BCUT2D eigenvalue weighted by atomic mass is 9.85. The third kappa shape index (κ3) is 2.84. The maximum atomic E-state index is 13.9. The first-order valence-corrected chi connectivity index (χ1v) is 10.3. The number of benzene rings is 1. The van der Waals surface area contributed by atoms with E-state index in [0.29, 0.717) is 0 Å². The summed E-state index contributed by atoms with van der Waals surface area (Å²) < 4.78 is 20.3. The Morgan fingerprint density at radius 3 is 2.05 bits per heavy atom. The number of allylic oxidation sites excluding steroid dienone is 1. The molecule has 1 aromatic carbocycles. The van der Waals surface area contributed by atoms with Crippen LogP contribution < -0.4 is 5.30 Å². The Kier molecular flexibility index (Phi) is 5.69. The van der Waals surface area contributed by atoms with Crippen molar-refractivity contribution < 1.29 is 9.09 Å². The van der Waals surface area contributed by atoms with E-state index in [-0.39, 0.29) is 5.60 Å². The molecule has 1 atom stereocenters. The molecule has 1 aliphatic rings. The molecule has 2 rings (SSSR count).